The molecular weight excluding hydrogens is 243 g/mol. The summed E-state index contributed by atoms with van der Waals surface area (Å²) < 4.78 is 0. The summed E-state index contributed by atoms with van der Waals surface area (Å²) in [6.07, 6.45) is 1.12. The van der Waals surface area contributed by atoms with Crippen molar-refractivity contribution in [2.24, 2.45) is 5.92 Å². The van der Waals surface area contributed by atoms with Crippen LogP contribution in [-0.2, 0) is 0 Å². The Kier molecular flexibility index (Phi) is 8.66. The number of carbonyl (C=O) groups is 1. The van der Waals surface area contributed by atoms with E-state index >= 15 is 0 Å². The van der Waals surface area contributed by atoms with Gasteiger partial charge < -0.3 is 5.11 Å². The van der Waals surface area contributed by atoms with Crippen molar-refractivity contribution < 1.29 is 9.90 Å². The normalized spacial score (nSPS) is 12.3. The van der Waals surface area contributed by atoms with E-state index in [0.717, 1.165) is 20.6 Å². The summed E-state index contributed by atoms with van der Waals surface area (Å²) in [5.74, 6) is -0.199. The van der Waals surface area contributed by atoms with Crippen LogP contribution in [0.5, 0.6) is 0 Å². The van der Waals surface area contributed by atoms with Crippen LogP contribution in [0.3, 0.4) is 0 Å². The maximum absolute atomic E-state index is 10.9. The van der Waals surface area contributed by atoms with Gasteiger partial charge in [0.2, 0.25) is 0 Å². The second-order valence-electron chi connectivity index (χ2n) is 4.40. The largest absolute Gasteiger partial charge is 0.478 e. The van der Waals surface area contributed by atoms with E-state index in [9.17, 15) is 4.79 Å². The molecule has 0 aliphatic carbocycles. The fourth-order valence-electron chi connectivity index (χ4n) is 1.78. The lowest BCUT2D eigenvalue weighted by atomic mass is 10.0. The first-order valence-corrected chi connectivity index (χ1v) is 8.12. The van der Waals surface area contributed by atoms with Crippen LogP contribution < -0.4 is 0 Å². The highest BCUT2D eigenvalue weighted by Gasteiger charge is 2.13. The minimum atomic E-state index is -0.843. The Labute approximate surface area is 113 Å². The van der Waals surface area contributed by atoms with Gasteiger partial charge in [-0.15, -0.1) is 8.58 Å². The van der Waals surface area contributed by atoms with E-state index in [1.807, 2.05) is 32.0 Å². The Balaban J connectivity index is 0.00000137. The standard InChI is InChI=1S/C13H19O2P.C2H6/c1-9(2)7-12(16-3)10-5-4-6-11(8-10)13(14)15;1-2/h4-6,8-9,12,16H,7H2,1-3H3,(H,14,15);1-2H3. The molecule has 0 amide bonds. The molecule has 0 bridgehead atoms. The van der Waals surface area contributed by atoms with Crippen LogP contribution in [0.15, 0.2) is 24.3 Å². The molecule has 0 heterocycles. The number of rotatable bonds is 5. The Hall–Kier alpha value is -0.880. The predicted molar refractivity (Wildman–Crippen MR) is 81.2 cm³/mol. The number of aromatic carboxylic acids is 1. The lowest BCUT2D eigenvalue weighted by molar-refractivity contribution is 0.0697. The number of hydrogen-bond donors (Lipinski definition) is 1. The van der Waals surface area contributed by atoms with Crippen LogP contribution >= 0.6 is 8.58 Å². The Bertz CT molecular complexity index is 361. The van der Waals surface area contributed by atoms with E-state index in [0.29, 0.717) is 17.1 Å². The lowest BCUT2D eigenvalue weighted by Crippen LogP contribution is -2.01. The van der Waals surface area contributed by atoms with Crippen molar-refractivity contribution in [3.8, 4) is 0 Å². The van der Waals surface area contributed by atoms with E-state index in [4.69, 9.17) is 5.11 Å². The van der Waals surface area contributed by atoms with Crippen molar-refractivity contribution in [2.75, 3.05) is 6.66 Å². The van der Waals surface area contributed by atoms with Crippen molar-refractivity contribution in [3.63, 3.8) is 0 Å². The van der Waals surface area contributed by atoms with Gasteiger partial charge >= 0.3 is 5.97 Å². The average molecular weight is 268 g/mol. The number of benzene rings is 1. The Morgan fingerprint density at radius 2 is 1.94 bits per heavy atom. The van der Waals surface area contributed by atoms with E-state index in [1.54, 1.807) is 6.07 Å². The van der Waals surface area contributed by atoms with Crippen molar-refractivity contribution >= 4 is 14.6 Å². The van der Waals surface area contributed by atoms with Gasteiger partial charge in [0.05, 0.1) is 5.56 Å². The van der Waals surface area contributed by atoms with Crippen molar-refractivity contribution in [2.45, 2.75) is 39.8 Å². The highest BCUT2D eigenvalue weighted by Crippen LogP contribution is 2.37. The van der Waals surface area contributed by atoms with Gasteiger partial charge in [-0.05, 0) is 36.7 Å². The Morgan fingerprint density at radius 3 is 2.39 bits per heavy atom. The second kappa shape index (κ2) is 9.10. The molecule has 0 fully saturated rings. The first-order valence-electron chi connectivity index (χ1n) is 6.55. The molecule has 0 saturated carbocycles. The highest BCUT2D eigenvalue weighted by atomic mass is 31.1. The number of hydrogen-bond acceptors (Lipinski definition) is 1. The molecule has 18 heavy (non-hydrogen) atoms. The molecular formula is C15H25O2P. The maximum atomic E-state index is 10.9. The summed E-state index contributed by atoms with van der Waals surface area (Å²) >= 11 is 0. The molecule has 1 rings (SSSR count). The summed E-state index contributed by atoms with van der Waals surface area (Å²) in [5.41, 5.74) is 2.05. The summed E-state index contributed by atoms with van der Waals surface area (Å²) in [7, 11) is 0.816. The Morgan fingerprint density at radius 1 is 1.33 bits per heavy atom. The van der Waals surface area contributed by atoms with Gasteiger partial charge in [-0.2, -0.15) is 0 Å². The molecule has 0 aromatic heterocycles. The molecule has 0 aliphatic rings. The van der Waals surface area contributed by atoms with E-state index in [1.165, 1.54) is 0 Å². The van der Waals surface area contributed by atoms with Gasteiger partial charge in [0.25, 0.3) is 0 Å². The molecule has 0 saturated heterocycles. The summed E-state index contributed by atoms with van der Waals surface area (Å²) in [6, 6.07) is 7.34. The van der Waals surface area contributed by atoms with Crippen LogP contribution in [0.25, 0.3) is 0 Å². The monoisotopic (exact) mass is 268 g/mol. The van der Waals surface area contributed by atoms with Crippen molar-refractivity contribution in [3.05, 3.63) is 35.4 Å². The quantitative estimate of drug-likeness (QED) is 0.778. The van der Waals surface area contributed by atoms with Crippen LogP contribution in [-0.4, -0.2) is 17.7 Å². The molecule has 1 N–H and O–H groups in total. The third-order valence-corrected chi connectivity index (χ3v) is 3.86. The summed E-state index contributed by atoms with van der Waals surface area (Å²) in [6.45, 7) is 10.6. The molecule has 3 heteroatoms. The summed E-state index contributed by atoms with van der Waals surface area (Å²) in [5, 5.41) is 8.95. The van der Waals surface area contributed by atoms with E-state index < -0.39 is 5.97 Å². The maximum Gasteiger partial charge on any atom is 0.335 e. The van der Waals surface area contributed by atoms with E-state index in [-0.39, 0.29) is 0 Å². The molecule has 2 nitrogen and oxygen atoms in total. The van der Waals surface area contributed by atoms with Crippen LogP contribution in [0.4, 0.5) is 0 Å². The van der Waals surface area contributed by atoms with Crippen LogP contribution in [0, 0.1) is 5.92 Å². The van der Waals surface area contributed by atoms with Crippen molar-refractivity contribution in [1.82, 2.24) is 0 Å². The molecule has 102 valence electrons. The fourth-order valence-corrected chi connectivity index (χ4v) is 3.00. The molecule has 2 atom stereocenters. The topological polar surface area (TPSA) is 37.3 Å². The van der Waals surface area contributed by atoms with E-state index in [2.05, 4.69) is 20.5 Å². The second-order valence-corrected chi connectivity index (χ2v) is 5.68. The van der Waals surface area contributed by atoms with Gasteiger partial charge in [-0.1, -0.05) is 39.8 Å². The minimum absolute atomic E-state index is 0.393. The zero-order valence-electron chi connectivity index (χ0n) is 12.0. The third kappa shape index (κ3) is 5.64. The molecule has 0 spiro atoms. The molecule has 0 aliphatic heterocycles. The van der Waals surface area contributed by atoms with Gasteiger partial charge in [-0.25, -0.2) is 4.79 Å². The van der Waals surface area contributed by atoms with Gasteiger partial charge in [0.1, 0.15) is 0 Å². The first-order chi connectivity index (χ1) is 8.54. The number of carboxylic acid groups (broad SMARTS) is 1. The molecule has 0 radical (unpaired) electrons. The smallest absolute Gasteiger partial charge is 0.335 e. The summed E-state index contributed by atoms with van der Waals surface area (Å²) in [4.78, 5) is 10.9. The van der Waals surface area contributed by atoms with Crippen LogP contribution in [0.1, 0.15) is 55.7 Å². The van der Waals surface area contributed by atoms with Crippen molar-refractivity contribution in [1.29, 1.82) is 0 Å². The lowest BCUT2D eigenvalue weighted by Gasteiger charge is -2.18. The zero-order chi connectivity index (χ0) is 14.1. The molecule has 2 unspecified atom stereocenters. The average Bonchev–Trinajstić information content (AvgIpc) is 2.38. The van der Waals surface area contributed by atoms with Gasteiger partial charge in [-0.3, -0.25) is 0 Å². The minimum Gasteiger partial charge on any atom is -0.478 e. The van der Waals surface area contributed by atoms with Crippen LogP contribution in [0.2, 0.25) is 0 Å². The molecule has 1 aromatic carbocycles. The SMILES string of the molecule is CC.CPC(CC(C)C)c1cccc(C(=O)O)c1. The van der Waals surface area contributed by atoms with Gasteiger partial charge in [0.15, 0.2) is 0 Å². The number of carboxylic acids is 1. The highest BCUT2D eigenvalue weighted by molar-refractivity contribution is 7.37. The zero-order valence-corrected chi connectivity index (χ0v) is 13.0. The fraction of sp³-hybridized carbons (Fsp3) is 0.533. The van der Waals surface area contributed by atoms with Gasteiger partial charge in [0, 0.05) is 5.66 Å². The molecule has 1 aromatic rings. The predicted octanol–water partition coefficient (Wildman–Crippen LogP) is 4.81. The third-order valence-electron chi connectivity index (χ3n) is 2.59. The first kappa shape index (κ1) is 17.1.